The van der Waals surface area contributed by atoms with Crippen LogP contribution < -0.4 is 0 Å². The number of rotatable bonds is 5. The van der Waals surface area contributed by atoms with Gasteiger partial charge in [-0.25, -0.2) is 0 Å². The van der Waals surface area contributed by atoms with Crippen molar-refractivity contribution in [2.45, 2.75) is 17.4 Å². The number of aliphatic hydroxyl groups excluding tert-OH is 1. The molecule has 0 aliphatic carbocycles. The van der Waals surface area contributed by atoms with Gasteiger partial charge in [-0.1, -0.05) is 36.4 Å². The predicted molar refractivity (Wildman–Crippen MR) is 88.7 cm³/mol. The number of hydrogen-bond acceptors (Lipinski definition) is 3. The van der Waals surface area contributed by atoms with Crippen LogP contribution >= 0.6 is 23.1 Å². The molecule has 0 bridgehead atoms. The highest BCUT2D eigenvalue weighted by Crippen LogP contribution is 2.27. The average Bonchev–Trinajstić information content (AvgIpc) is 2.90. The summed E-state index contributed by atoms with van der Waals surface area (Å²) in [5, 5.41) is 13.7. The van der Waals surface area contributed by atoms with Crippen LogP contribution in [0.15, 0.2) is 64.9 Å². The zero-order valence-electron chi connectivity index (χ0n) is 11.0. The number of thiophene rings is 1. The Kier molecular flexibility index (Phi) is 4.41. The molecule has 1 atom stereocenters. The lowest BCUT2D eigenvalue weighted by Gasteiger charge is -2.09. The molecular weight excluding hydrogens is 284 g/mol. The van der Waals surface area contributed by atoms with Gasteiger partial charge >= 0.3 is 0 Å². The Morgan fingerprint density at radius 2 is 1.75 bits per heavy atom. The molecule has 0 saturated carbocycles. The van der Waals surface area contributed by atoms with Gasteiger partial charge in [-0.2, -0.15) is 0 Å². The van der Waals surface area contributed by atoms with E-state index < -0.39 is 0 Å². The fraction of sp³-hybridized carbons (Fsp3) is 0.176. The summed E-state index contributed by atoms with van der Waals surface area (Å²) < 4.78 is 1.30. The molecule has 0 saturated heterocycles. The maximum atomic E-state index is 10.2. The Morgan fingerprint density at radius 3 is 2.60 bits per heavy atom. The highest BCUT2D eigenvalue weighted by molar-refractivity contribution is 7.99. The second kappa shape index (κ2) is 6.44. The van der Waals surface area contributed by atoms with E-state index in [9.17, 15) is 5.11 Å². The van der Waals surface area contributed by atoms with E-state index in [1.54, 1.807) is 23.1 Å². The van der Waals surface area contributed by atoms with Gasteiger partial charge in [0.15, 0.2) is 0 Å². The average molecular weight is 300 g/mol. The van der Waals surface area contributed by atoms with Crippen molar-refractivity contribution < 1.29 is 5.11 Å². The first-order valence-electron chi connectivity index (χ1n) is 6.64. The van der Waals surface area contributed by atoms with Crippen LogP contribution in [0.1, 0.15) is 5.56 Å². The summed E-state index contributed by atoms with van der Waals surface area (Å²) in [4.78, 5) is 1.21. The van der Waals surface area contributed by atoms with E-state index in [1.165, 1.54) is 20.5 Å². The summed E-state index contributed by atoms with van der Waals surface area (Å²) >= 11 is 3.46. The minimum absolute atomic E-state index is 0.307. The molecule has 1 nitrogen and oxygen atoms in total. The molecule has 1 aromatic heterocycles. The van der Waals surface area contributed by atoms with Crippen molar-refractivity contribution in [3.8, 4) is 0 Å². The zero-order chi connectivity index (χ0) is 13.8. The van der Waals surface area contributed by atoms with Gasteiger partial charge in [0.2, 0.25) is 0 Å². The number of fused-ring (bicyclic) bond motifs is 1. The molecule has 0 fully saturated rings. The lowest BCUT2D eigenvalue weighted by molar-refractivity contribution is 0.200. The molecule has 20 heavy (non-hydrogen) atoms. The number of aliphatic hydroxyl groups is 1. The molecule has 2 aromatic carbocycles. The fourth-order valence-corrected chi connectivity index (χ4v) is 4.04. The number of thioether (sulfide) groups is 1. The van der Waals surface area contributed by atoms with Gasteiger partial charge in [0, 0.05) is 21.8 Å². The quantitative estimate of drug-likeness (QED) is 0.695. The summed E-state index contributed by atoms with van der Waals surface area (Å²) in [6, 6.07) is 18.6. The molecule has 0 amide bonds. The van der Waals surface area contributed by atoms with Crippen LogP contribution in [-0.2, 0) is 6.42 Å². The van der Waals surface area contributed by atoms with Crippen molar-refractivity contribution >= 4 is 33.2 Å². The number of hydrogen-bond donors (Lipinski definition) is 1. The molecule has 3 rings (SSSR count). The second-order valence-electron chi connectivity index (χ2n) is 4.74. The standard InChI is InChI=1S/C17H16OS2/c18-14(12-19-15-6-2-1-3-7-15)10-13-11-20-17-9-5-4-8-16(13)17/h1-9,11,14,18H,10,12H2. The van der Waals surface area contributed by atoms with Gasteiger partial charge in [0.1, 0.15) is 0 Å². The van der Waals surface area contributed by atoms with Crippen molar-refractivity contribution in [3.63, 3.8) is 0 Å². The van der Waals surface area contributed by atoms with Gasteiger partial charge in [-0.15, -0.1) is 23.1 Å². The van der Waals surface area contributed by atoms with E-state index in [1.807, 2.05) is 18.2 Å². The highest BCUT2D eigenvalue weighted by Gasteiger charge is 2.10. The Bertz CT molecular complexity index is 676. The minimum Gasteiger partial charge on any atom is -0.392 e. The molecule has 3 aromatic rings. The molecular formula is C17H16OS2. The first-order chi connectivity index (χ1) is 9.83. The van der Waals surface area contributed by atoms with E-state index >= 15 is 0 Å². The topological polar surface area (TPSA) is 20.2 Å². The Balaban J connectivity index is 1.63. The molecule has 102 valence electrons. The normalized spacial score (nSPS) is 12.7. The van der Waals surface area contributed by atoms with E-state index in [4.69, 9.17) is 0 Å². The predicted octanol–water partition coefficient (Wildman–Crippen LogP) is 4.60. The summed E-state index contributed by atoms with van der Waals surface area (Å²) in [5.74, 6) is 0.730. The summed E-state index contributed by atoms with van der Waals surface area (Å²) in [5.41, 5.74) is 1.26. The molecule has 0 aliphatic heterocycles. The third-order valence-corrected chi connectivity index (χ3v) is 5.37. The summed E-state index contributed by atoms with van der Waals surface area (Å²) in [6.45, 7) is 0. The van der Waals surface area contributed by atoms with E-state index in [-0.39, 0.29) is 6.10 Å². The van der Waals surface area contributed by atoms with Gasteiger partial charge in [0.25, 0.3) is 0 Å². The lowest BCUT2D eigenvalue weighted by atomic mass is 10.1. The minimum atomic E-state index is -0.307. The van der Waals surface area contributed by atoms with E-state index in [0.717, 1.165) is 12.2 Å². The first kappa shape index (κ1) is 13.7. The largest absolute Gasteiger partial charge is 0.392 e. The third-order valence-electron chi connectivity index (χ3n) is 3.20. The lowest BCUT2D eigenvalue weighted by Crippen LogP contribution is -2.13. The van der Waals surface area contributed by atoms with E-state index in [0.29, 0.717) is 0 Å². The Labute approximate surface area is 127 Å². The fourth-order valence-electron chi connectivity index (χ4n) is 2.21. The van der Waals surface area contributed by atoms with Crippen LogP contribution in [0.5, 0.6) is 0 Å². The van der Waals surface area contributed by atoms with Gasteiger partial charge in [0.05, 0.1) is 6.10 Å². The summed E-state index contributed by atoms with van der Waals surface area (Å²) in [6.07, 6.45) is 0.419. The maximum absolute atomic E-state index is 10.2. The molecule has 3 heteroatoms. The van der Waals surface area contributed by atoms with E-state index in [2.05, 4.69) is 41.8 Å². The van der Waals surface area contributed by atoms with Crippen molar-refractivity contribution in [1.82, 2.24) is 0 Å². The summed E-state index contributed by atoms with van der Waals surface area (Å²) in [7, 11) is 0. The third kappa shape index (κ3) is 3.23. The molecule has 1 unspecified atom stereocenters. The van der Waals surface area contributed by atoms with Gasteiger partial charge in [-0.3, -0.25) is 0 Å². The second-order valence-corrected chi connectivity index (χ2v) is 6.74. The Morgan fingerprint density at radius 1 is 1.00 bits per heavy atom. The van der Waals surface area contributed by atoms with Gasteiger partial charge < -0.3 is 5.11 Å². The molecule has 0 radical (unpaired) electrons. The molecule has 0 aliphatic rings. The maximum Gasteiger partial charge on any atom is 0.0674 e. The Hall–Kier alpha value is -1.29. The van der Waals surface area contributed by atoms with Crippen molar-refractivity contribution in [2.75, 3.05) is 5.75 Å². The molecule has 1 N–H and O–H groups in total. The first-order valence-corrected chi connectivity index (χ1v) is 8.50. The van der Waals surface area contributed by atoms with Gasteiger partial charge in [-0.05, 0) is 34.5 Å². The SMILES string of the molecule is OC(CSc1ccccc1)Cc1csc2ccccc12. The number of benzene rings is 2. The van der Waals surface area contributed by atoms with Crippen LogP contribution in [0.3, 0.4) is 0 Å². The van der Waals surface area contributed by atoms with Crippen LogP contribution in [0.25, 0.3) is 10.1 Å². The molecule has 0 spiro atoms. The van der Waals surface area contributed by atoms with Crippen LogP contribution in [-0.4, -0.2) is 17.0 Å². The van der Waals surface area contributed by atoms with Crippen LogP contribution in [0, 0.1) is 0 Å². The van der Waals surface area contributed by atoms with Crippen LogP contribution in [0.4, 0.5) is 0 Å². The monoisotopic (exact) mass is 300 g/mol. The van der Waals surface area contributed by atoms with Crippen molar-refractivity contribution in [2.24, 2.45) is 0 Å². The highest BCUT2D eigenvalue weighted by atomic mass is 32.2. The zero-order valence-corrected chi connectivity index (χ0v) is 12.7. The van der Waals surface area contributed by atoms with Crippen molar-refractivity contribution in [3.05, 3.63) is 65.5 Å². The smallest absolute Gasteiger partial charge is 0.0674 e. The molecule has 1 heterocycles. The van der Waals surface area contributed by atoms with Crippen LogP contribution in [0.2, 0.25) is 0 Å². The van der Waals surface area contributed by atoms with Crippen molar-refractivity contribution in [1.29, 1.82) is 0 Å².